The normalized spacial score (nSPS) is 14.8. The number of nitrogens with two attached hydrogens (primary N) is 1. The Morgan fingerprint density at radius 1 is 1.07 bits per heavy atom. The lowest BCUT2D eigenvalue weighted by atomic mass is 9.88. The molecule has 1 heterocycles. The van der Waals surface area contributed by atoms with Crippen LogP contribution in [-0.2, 0) is 0 Å². The topological polar surface area (TPSA) is 44.5 Å². The fourth-order valence-corrected chi connectivity index (χ4v) is 3.60. The van der Waals surface area contributed by atoms with Crippen LogP contribution in [0.15, 0.2) is 73.3 Å². The standard InChI is InChI=1S/C23H19F2NO2/c1-2-6-19-17-13-14(15-7-3-4-8-18(15)26)11-12-16(17)22-20(27-19)9-5-10-21(22)28-23(24)25/h2-5,7-13,19,23H,1,6,26H2. The molecule has 0 saturated heterocycles. The van der Waals surface area contributed by atoms with Gasteiger partial charge < -0.3 is 15.2 Å². The van der Waals surface area contributed by atoms with E-state index < -0.39 is 6.61 Å². The van der Waals surface area contributed by atoms with Crippen LogP contribution in [0.5, 0.6) is 11.5 Å². The molecule has 28 heavy (non-hydrogen) atoms. The van der Waals surface area contributed by atoms with Crippen molar-refractivity contribution >= 4 is 5.69 Å². The Hall–Kier alpha value is -3.34. The first-order chi connectivity index (χ1) is 13.6. The molecule has 3 aromatic rings. The van der Waals surface area contributed by atoms with Gasteiger partial charge in [-0.1, -0.05) is 42.5 Å². The van der Waals surface area contributed by atoms with Crippen LogP contribution in [0.4, 0.5) is 14.5 Å². The zero-order valence-electron chi connectivity index (χ0n) is 15.1. The van der Waals surface area contributed by atoms with Gasteiger partial charge in [-0.15, -0.1) is 6.58 Å². The maximum atomic E-state index is 12.9. The van der Waals surface area contributed by atoms with Crippen molar-refractivity contribution in [3.63, 3.8) is 0 Å². The Bertz CT molecular complexity index is 1030. The van der Waals surface area contributed by atoms with E-state index in [1.54, 1.807) is 18.2 Å². The van der Waals surface area contributed by atoms with Crippen LogP contribution in [-0.4, -0.2) is 6.61 Å². The Morgan fingerprint density at radius 3 is 2.64 bits per heavy atom. The lowest BCUT2D eigenvalue weighted by molar-refractivity contribution is -0.0496. The summed E-state index contributed by atoms with van der Waals surface area (Å²) in [6, 6.07) is 18.4. The van der Waals surface area contributed by atoms with Crippen LogP contribution in [0.25, 0.3) is 22.3 Å². The molecule has 5 heteroatoms. The van der Waals surface area contributed by atoms with Gasteiger partial charge in [-0.25, -0.2) is 0 Å². The smallest absolute Gasteiger partial charge is 0.387 e. The first-order valence-corrected chi connectivity index (χ1v) is 8.93. The number of anilines is 1. The molecule has 0 fully saturated rings. The molecule has 4 rings (SSSR count). The third-order valence-electron chi connectivity index (χ3n) is 4.79. The molecule has 0 amide bonds. The van der Waals surface area contributed by atoms with Gasteiger partial charge in [0.15, 0.2) is 0 Å². The van der Waals surface area contributed by atoms with Crippen LogP contribution in [0, 0.1) is 0 Å². The summed E-state index contributed by atoms with van der Waals surface area (Å²) >= 11 is 0. The highest BCUT2D eigenvalue weighted by atomic mass is 19.3. The van der Waals surface area contributed by atoms with Gasteiger partial charge in [0, 0.05) is 23.2 Å². The Balaban J connectivity index is 1.90. The van der Waals surface area contributed by atoms with E-state index in [-0.39, 0.29) is 11.9 Å². The molecule has 3 nitrogen and oxygen atoms in total. The zero-order chi connectivity index (χ0) is 19.7. The third-order valence-corrected chi connectivity index (χ3v) is 4.79. The Kier molecular flexibility index (Phi) is 4.74. The molecule has 0 saturated carbocycles. The maximum Gasteiger partial charge on any atom is 0.387 e. The number of rotatable bonds is 5. The van der Waals surface area contributed by atoms with Crippen molar-refractivity contribution in [2.75, 3.05) is 5.73 Å². The highest BCUT2D eigenvalue weighted by Crippen LogP contribution is 2.49. The van der Waals surface area contributed by atoms with E-state index in [0.717, 1.165) is 22.3 Å². The number of hydrogen-bond donors (Lipinski definition) is 1. The van der Waals surface area contributed by atoms with E-state index in [4.69, 9.17) is 15.2 Å². The molecule has 1 unspecified atom stereocenters. The predicted molar refractivity (Wildman–Crippen MR) is 107 cm³/mol. The van der Waals surface area contributed by atoms with Crippen molar-refractivity contribution in [3.05, 3.63) is 78.9 Å². The number of ether oxygens (including phenoxy) is 2. The summed E-state index contributed by atoms with van der Waals surface area (Å²) in [7, 11) is 0. The molecule has 0 aliphatic carbocycles. The van der Waals surface area contributed by atoms with E-state index in [1.807, 2.05) is 42.5 Å². The summed E-state index contributed by atoms with van der Waals surface area (Å²) in [6.45, 7) is 0.899. The van der Waals surface area contributed by atoms with Crippen molar-refractivity contribution in [2.24, 2.45) is 0 Å². The van der Waals surface area contributed by atoms with Crippen LogP contribution in [0.2, 0.25) is 0 Å². The molecule has 2 N–H and O–H groups in total. The van der Waals surface area contributed by atoms with Gasteiger partial charge in [0.25, 0.3) is 0 Å². The summed E-state index contributed by atoms with van der Waals surface area (Å²) in [6.07, 6.45) is 2.09. The van der Waals surface area contributed by atoms with Gasteiger partial charge in [-0.2, -0.15) is 8.78 Å². The fourth-order valence-electron chi connectivity index (χ4n) is 3.60. The highest BCUT2D eigenvalue weighted by molar-refractivity contribution is 5.85. The van der Waals surface area contributed by atoms with Crippen LogP contribution >= 0.6 is 0 Å². The fraction of sp³-hybridized carbons (Fsp3) is 0.130. The van der Waals surface area contributed by atoms with Gasteiger partial charge in [0.05, 0.1) is 5.56 Å². The molecule has 0 radical (unpaired) electrons. The molecule has 3 aromatic carbocycles. The number of para-hydroxylation sites is 1. The quantitative estimate of drug-likeness (QED) is 0.423. The third kappa shape index (κ3) is 3.20. The largest absolute Gasteiger partial charge is 0.485 e. The van der Waals surface area contributed by atoms with E-state index in [9.17, 15) is 8.78 Å². The molecule has 1 atom stereocenters. The number of nitrogen functional groups attached to an aromatic ring is 1. The molecular weight excluding hydrogens is 360 g/mol. The number of fused-ring (bicyclic) bond motifs is 3. The maximum absolute atomic E-state index is 12.9. The summed E-state index contributed by atoms with van der Waals surface area (Å²) in [5.41, 5.74) is 10.9. The SMILES string of the molecule is C=CCC1Oc2cccc(OC(F)F)c2-c2ccc(-c3ccccc3N)cc21. The van der Waals surface area contributed by atoms with Gasteiger partial charge in [0.2, 0.25) is 0 Å². The van der Waals surface area contributed by atoms with Gasteiger partial charge in [-0.05, 0) is 35.4 Å². The molecular formula is C23H19F2NO2. The second kappa shape index (κ2) is 7.35. The van der Waals surface area contributed by atoms with Crippen molar-refractivity contribution < 1.29 is 18.3 Å². The van der Waals surface area contributed by atoms with Crippen LogP contribution in [0.3, 0.4) is 0 Å². The van der Waals surface area contributed by atoms with E-state index in [1.165, 1.54) is 6.07 Å². The number of alkyl halides is 2. The van der Waals surface area contributed by atoms with E-state index in [0.29, 0.717) is 23.4 Å². The van der Waals surface area contributed by atoms with Gasteiger partial charge >= 0.3 is 6.61 Å². The molecule has 1 aliphatic heterocycles. The monoisotopic (exact) mass is 379 g/mol. The minimum atomic E-state index is -2.91. The molecule has 142 valence electrons. The number of hydrogen-bond acceptors (Lipinski definition) is 3. The second-order valence-corrected chi connectivity index (χ2v) is 6.53. The van der Waals surface area contributed by atoms with E-state index in [2.05, 4.69) is 6.58 Å². The van der Waals surface area contributed by atoms with Gasteiger partial charge in [0.1, 0.15) is 17.6 Å². The summed E-state index contributed by atoms with van der Waals surface area (Å²) in [5, 5.41) is 0. The average molecular weight is 379 g/mol. The van der Waals surface area contributed by atoms with Crippen molar-refractivity contribution in [2.45, 2.75) is 19.1 Å². The zero-order valence-corrected chi connectivity index (χ0v) is 15.1. The van der Waals surface area contributed by atoms with Crippen LogP contribution < -0.4 is 15.2 Å². The van der Waals surface area contributed by atoms with Gasteiger partial charge in [-0.3, -0.25) is 0 Å². The Morgan fingerprint density at radius 2 is 1.89 bits per heavy atom. The van der Waals surface area contributed by atoms with Crippen molar-refractivity contribution in [1.82, 2.24) is 0 Å². The highest BCUT2D eigenvalue weighted by Gasteiger charge is 2.29. The average Bonchev–Trinajstić information content (AvgIpc) is 2.68. The van der Waals surface area contributed by atoms with Crippen LogP contribution in [0.1, 0.15) is 18.1 Å². The van der Waals surface area contributed by atoms with E-state index >= 15 is 0 Å². The molecule has 0 spiro atoms. The first-order valence-electron chi connectivity index (χ1n) is 8.93. The minimum absolute atomic E-state index is 0.0952. The summed E-state index contributed by atoms with van der Waals surface area (Å²) < 4.78 is 36.7. The predicted octanol–water partition coefficient (Wildman–Crippen LogP) is 6.21. The first kappa shape index (κ1) is 18.0. The Labute approximate surface area is 162 Å². The molecule has 1 aliphatic rings. The second-order valence-electron chi connectivity index (χ2n) is 6.53. The lowest BCUT2D eigenvalue weighted by Gasteiger charge is -2.30. The molecule has 0 aromatic heterocycles. The summed E-state index contributed by atoms with van der Waals surface area (Å²) in [4.78, 5) is 0. The summed E-state index contributed by atoms with van der Waals surface area (Å²) in [5.74, 6) is 0.613. The minimum Gasteiger partial charge on any atom is -0.485 e. The lowest BCUT2D eigenvalue weighted by Crippen LogP contribution is -2.15. The number of halogens is 2. The number of benzene rings is 3. The van der Waals surface area contributed by atoms with Crippen molar-refractivity contribution in [1.29, 1.82) is 0 Å². The molecule has 0 bridgehead atoms. The van der Waals surface area contributed by atoms with Crippen molar-refractivity contribution in [3.8, 4) is 33.8 Å².